The zero-order chi connectivity index (χ0) is 18.2. The molecule has 1 aromatic heterocycles. The van der Waals surface area contributed by atoms with Gasteiger partial charge in [-0.1, -0.05) is 31.1 Å². The van der Waals surface area contributed by atoms with Crippen molar-refractivity contribution in [2.75, 3.05) is 13.7 Å². The molecule has 0 aliphatic heterocycles. The van der Waals surface area contributed by atoms with Crippen molar-refractivity contribution in [3.8, 4) is 11.4 Å². The predicted octanol–water partition coefficient (Wildman–Crippen LogP) is 2.93. The van der Waals surface area contributed by atoms with Crippen LogP contribution in [0.25, 0.3) is 11.4 Å². The summed E-state index contributed by atoms with van der Waals surface area (Å²) >= 11 is 0. The molecule has 142 valence electrons. The summed E-state index contributed by atoms with van der Waals surface area (Å²) in [6.07, 6.45) is 0.679. The van der Waals surface area contributed by atoms with Crippen LogP contribution in [-0.2, 0) is 15.0 Å². The van der Waals surface area contributed by atoms with Gasteiger partial charge in [-0.05, 0) is 19.1 Å². The van der Waals surface area contributed by atoms with Crippen LogP contribution in [0.5, 0.6) is 0 Å². The molecule has 1 saturated carbocycles. The van der Waals surface area contributed by atoms with Gasteiger partial charge < -0.3 is 19.7 Å². The van der Waals surface area contributed by atoms with E-state index in [9.17, 15) is 4.79 Å². The van der Waals surface area contributed by atoms with Crippen molar-refractivity contribution in [1.29, 1.82) is 0 Å². The van der Waals surface area contributed by atoms with Crippen molar-refractivity contribution in [2.24, 2.45) is 11.1 Å². The first kappa shape index (κ1) is 20.4. The van der Waals surface area contributed by atoms with Crippen molar-refractivity contribution in [2.45, 2.75) is 38.8 Å². The zero-order valence-electron chi connectivity index (χ0n) is 15.3. The van der Waals surface area contributed by atoms with E-state index in [4.69, 9.17) is 19.7 Å². The van der Waals surface area contributed by atoms with E-state index in [-0.39, 0.29) is 23.9 Å². The van der Waals surface area contributed by atoms with Gasteiger partial charge in [-0.25, -0.2) is 4.79 Å². The Morgan fingerprint density at radius 3 is 2.77 bits per heavy atom. The number of ether oxygens (including phenoxy) is 2. The zero-order valence-corrected chi connectivity index (χ0v) is 16.1. The van der Waals surface area contributed by atoms with Crippen molar-refractivity contribution >= 4 is 18.4 Å². The molecule has 8 heteroatoms. The molecule has 2 unspecified atom stereocenters. The standard InChI is InChI=1S/C18H23N3O4.ClH/c1-5-24-13-10-18(19,17(13,2)3)16-20-14(21-25-16)11-7-6-8-12(9-11)15(22)23-4;/h6-9,13H,5,10,19H2,1-4H3;1H. The summed E-state index contributed by atoms with van der Waals surface area (Å²) in [5, 5.41) is 4.04. The fourth-order valence-electron chi connectivity index (χ4n) is 3.22. The second kappa shape index (κ2) is 7.34. The molecule has 1 fully saturated rings. The number of aromatic nitrogens is 2. The maximum absolute atomic E-state index is 11.7. The highest BCUT2D eigenvalue weighted by Gasteiger charge is 2.62. The lowest BCUT2D eigenvalue weighted by Crippen LogP contribution is -2.67. The summed E-state index contributed by atoms with van der Waals surface area (Å²) in [7, 11) is 1.34. The minimum Gasteiger partial charge on any atom is -0.465 e. The first-order chi connectivity index (χ1) is 11.8. The Morgan fingerprint density at radius 1 is 1.42 bits per heavy atom. The number of nitrogens with zero attached hydrogens (tertiary/aromatic N) is 2. The fourth-order valence-corrected chi connectivity index (χ4v) is 3.22. The number of carbonyl (C=O) groups excluding carboxylic acids is 1. The van der Waals surface area contributed by atoms with E-state index in [2.05, 4.69) is 10.1 Å². The first-order valence-electron chi connectivity index (χ1n) is 8.27. The molecule has 1 aliphatic carbocycles. The van der Waals surface area contributed by atoms with E-state index in [1.807, 2.05) is 20.8 Å². The molecule has 0 saturated heterocycles. The monoisotopic (exact) mass is 381 g/mol. The molecule has 7 nitrogen and oxygen atoms in total. The van der Waals surface area contributed by atoms with Crippen LogP contribution < -0.4 is 5.73 Å². The van der Waals surface area contributed by atoms with Gasteiger partial charge in [0.25, 0.3) is 0 Å². The van der Waals surface area contributed by atoms with Gasteiger partial charge in [0.05, 0.1) is 18.8 Å². The van der Waals surface area contributed by atoms with E-state index in [1.165, 1.54) is 7.11 Å². The lowest BCUT2D eigenvalue weighted by Gasteiger charge is -2.56. The molecular formula is C18H24ClN3O4. The second-order valence-electron chi connectivity index (χ2n) is 6.84. The second-order valence-corrected chi connectivity index (χ2v) is 6.84. The molecule has 0 bridgehead atoms. The Kier molecular flexibility index (Phi) is 5.75. The maximum atomic E-state index is 11.7. The molecule has 0 spiro atoms. The highest BCUT2D eigenvalue weighted by molar-refractivity contribution is 5.90. The summed E-state index contributed by atoms with van der Waals surface area (Å²) in [6.45, 7) is 6.68. The molecule has 0 amide bonds. The minimum atomic E-state index is -0.738. The number of rotatable bonds is 5. The van der Waals surface area contributed by atoms with Crippen LogP contribution in [0.1, 0.15) is 43.4 Å². The third kappa shape index (κ3) is 3.11. The van der Waals surface area contributed by atoms with Crippen LogP contribution in [0.4, 0.5) is 0 Å². The SMILES string of the molecule is CCOC1CC(N)(c2nc(-c3cccc(C(=O)OC)c3)no2)C1(C)C.Cl. The quantitative estimate of drug-likeness (QED) is 0.794. The lowest BCUT2D eigenvalue weighted by atomic mass is 9.54. The van der Waals surface area contributed by atoms with Gasteiger partial charge in [-0.15, -0.1) is 12.4 Å². The van der Waals surface area contributed by atoms with Crippen LogP contribution in [0, 0.1) is 5.41 Å². The van der Waals surface area contributed by atoms with Crippen molar-refractivity contribution in [1.82, 2.24) is 10.1 Å². The molecule has 2 N–H and O–H groups in total. The van der Waals surface area contributed by atoms with Gasteiger partial charge in [0, 0.05) is 24.0 Å². The normalized spacial score (nSPS) is 23.7. The molecule has 1 aromatic carbocycles. The Hall–Kier alpha value is -1.96. The van der Waals surface area contributed by atoms with Crippen molar-refractivity contribution < 1.29 is 18.8 Å². The molecule has 26 heavy (non-hydrogen) atoms. The summed E-state index contributed by atoms with van der Waals surface area (Å²) in [5.74, 6) is 0.355. The average molecular weight is 382 g/mol. The van der Waals surface area contributed by atoms with Crippen LogP contribution in [-0.4, -0.2) is 35.9 Å². The number of carbonyl (C=O) groups is 1. The smallest absolute Gasteiger partial charge is 0.337 e. The van der Waals surface area contributed by atoms with E-state index in [1.54, 1.807) is 24.3 Å². The maximum Gasteiger partial charge on any atom is 0.337 e. The lowest BCUT2D eigenvalue weighted by molar-refractivity contribution is -0.162. The van der Waals surface area contributed by atoms with Gasteiger partial charge in [0.2, 0.25) is 11.7 Å². The van der Waals surface area contributed by atoms with Gasteiger partial charge in [0.1, 0.15) is 5.54 Å². The van der Waals surface area contributed by atoms with Crippen molar-refractivity contribution in [3.63, 3.8) is 0 Å². The number of hydrogen-bond donors (Lipinski definition) is 1. The Morgan fingerprint density at radius 2 is 2.15 bits per heavy atom. The van der Waals surface area contributed by atoms with Gasteiger partial charge in [-0.2, -0.15) is 4.98 Å². The van der Waals surface area contributed by atoms with Gasteiger partial charge in [-0.3, -0.25) is 0 Å². The average Bonchev–Trinajstić information content (AvgIpc) is 3.11. The molecule has 3 rings (SSSR count). The Bertz CT molecular complexity index is 792. The highest BCUT2D eigenvalue weighted by atomic mass is 35.5. The molecule has 2 aromatic rings. The summed E-state index contributed by atoms with van der Waals surface area (Å²) in [6, 6.07) is 6.88. The van der Waals surface area contributed by atoms with E-state index >= 15 is 0 Å². The number of esters is 1. The van der Waals surface area contributed by atoms with Gasteiger partial charge >= 0.3 is 5.97 Å². The van der Waals surface area contributed by atoms with Crippen LogP contribution in [0.2, 0.25) is 0 Å². The first-order valence-corrected chi connectivity index (χ1v) is 8.27. The third-order valence-electron chi connectivity index (χ3n) is 5.18. The number of benzene rings is 1. The van der Waals surface area contributed by atoms with Crippen LogP contribution in [0.3, 0.4) is 0 Å². The van der Waals surface area contributed by atoms with Crippen molar-refractivity contribution in [3.05, 3.63) is 35.7 Å². The van der Waals surface area contributed by atoms with E-state index in [0.717, 1.165) is 0 Å². The molecular weight excluding hydrogens is 358 g/mol. The number of halogens is 1. The predicted molar refractivity (Wildman–Crippen MR) is 98.0 cm³/mol. The third-order valence-corrected chi connectivity index (χ3v) is 5.18. The topological polar surface area (TPSA) is 100 Å². The molecule has 2 atom stereocenters. The molecule has 0 radical (unpaired) electrons. The van der Waals surface area contributed by atoms with E-state index < -0.39 is 11.5 Å². The van der Waals surface area contributed by atoms with Crippen LogP contribution in [0.15, 0.2) is 28.8 Å². The summed E-state index contributed by atoms with van der Waals surface area (Å²) < 4.78 is 15.9. The molecule has 1 heterocycles. The van der Waals surface area contributed by atoms with Gasteiger partial charge in [0.15, 0.2) is 0 Å². The summed E-state index contributed by atoms with van der Waals surface area (Å²) in [5.41, 5.74) is 6.60. The van der Waals surface area contributed by atoms with E-state index in [0.29, 0.717) is 35.9 Å². The van der Waals surface area contributed by atoms with Crippen LogP contribution >= 0.6 is 12.4 Å². The minimum absolute atomic E-state index is 0. The Labute approximate surface area is 158 Å². The number of hydrogen-bond acceptors (Lipinski definition) is 7. The number of nitrogens with two attached hydrogens (primary N) is 1. The fraction of sp³-hybridized carbons (Fsp3) is 0.500. The summed E-state index contributed by atoms with van der Waals surface area (Å²) in [4.78, 5) is 16.2. The number of methoxy groups -OCH3 is 1. The molecule has 1 aliphatic rings. The highest BCUT2D eigenvalue weighted by Crippen LogP contribution is 2.55. The largest absolute Gasteiger partial charge is 0.465 e. The Balaban J connectivity index is 0.00000243.